The summed E-state index contributed by atoms with van der Waals surface area (Å²) < 4.78 is 0. The first-order chi connectivity index (χ1) is 7.09. The molecule has 0 radical (unpaired) electrons. The molecule has 1 aliphatic heterocycles. The van der Waals surface area contributed by atoms with E-state index in [0.29, 0.717) is 5.82 Å². The Morgan fingerprint density at radius 1 is 1.60 bits per heavy atom. The van der Waals surface area contributed by atoms with E-state index in [9.17, 15) is 14.9 Å². The number of amides is 1. The Bertz CT molecular complexity index is 442. The van der Waals surface area contributed by atoms with E-state index in [1.165, 1.54) is 6.07 Å². The molecule has 0 atom stereocenters. The van der Waals surface area contributed by atoms with Crippen molar-refractivity contribution in [2.45, 2.75) is 0 Å². The maximum absolute atomic E-state index is 11.0. The van der Waals surface area contributed by atoms with Gasteiger partial charge in [0, 0.05) is 19.2 Å². The number of anilines is 1. The number of aromatic nitrogens is 1. The Morgan fingerprint density at radius 3 is 2.73 bits per heavy atom. The Hall–Kier alpha value is -2.18. The number of carbonyl (C=O) groups is 1. The minimum atomic E-state index is -0.813. The second-order valence-corrected chi connectivity index (χ2v) is 3.17. The molecule has 2 N–H and O–H groups in total. The highest BCUT2D eigenvalue weighted by atomic mass is 16.6. The van der Waals surface area contributed by atoms with E-state index in [0.717, 1.165) is 19.3 Å². The molecule has 0 spiro atoms. The van der Waals surface area contributed by atoms with Crippen LogP contribution in [0.25, 0.3) is 0 Å². The Kier molecular flexibility index (Phi) is 2.00. The van der Waals surface area contributed by atoms with Gasteiger partial charge in [-0.2, -0.15) is 0 Å². The summed E-state index contributed by atoms with van der Waals surface area (Å²) in [5, 5.41) is 10.6. The fourth-order valence-electron chi connectivity index (χ4n) is 1.23. The minimum absolute atomic E-state index is 0.100. The standard InChI is InChI=1S/C8H8N4O3/c9-8(13)5-3-7(11-1-2-11)10-4-6(5)12(14)15/h3-4H,1-2H2,(H2,9,13). The highest BCUT2D eigenvalue weighted by Gasteiger charge is 2.25. The van der Waals surface area contributed by atoms with Crippen molar-refractivity contribution in [1.29, 1.82) is 0 Å². The van der Waals surface area contributed by atoms with Crippen LogP contribution >= 0.6 is 0 Å². The van der Waals surface area contributed by atoms with Gasteiger partial charge in [0.05, 0.1) is 4.92 Å². The predicted octanol–water partition coefficient (Wildman–Crippen LogP) is -0.0913. The van der Waals surface area contributed by atoms with E-state index >= 15 is 0 Å². The summed E-state index contributed by atoms with van der Waals surface area (Å²) in [6.07, 6.45) is 1.06. The van der Waals surface area contributed by atoms with E-state index in [1.807, 2.05) is 4.90 Å². The van der Waals surface area contributed by atoms with Crippen LogP contribution in [-0.4, -0.2) is 28.9 Å². The van der Waals surface area contributed by atoms with Crippen molar-refractivity contribution in [3.8, 4) is 0 Å². The van der Waals surface area contributed by atoms with Gasteiger partial charge in [-0.15, -0.1) is 0 Å². The largest absolute Gasteiger partial charge is 0.365 e. The highest BCUT2D eigenvalue weighted by Crippen LogP contribution is 2.24. The SMILES string of the molecule is NC(=O)c1cc(N2CC2)ncc1[N+](=O)[O-]. The molecule has 7 heteroatoms. The van der Waals surface area contributed by atoms with E-state index in [4.69, 9.17) is 5.73 Å². The first kappa shape index (κ1) is 9.38. The Labute approximate surface area is 84.7 Å². The Balaban J connectivity index is 2.48. The zero-order valence-electron chi connectivity index (χ0n) is 7.71. The summed E-state index contributed by atoms with van der Waals surface area (Å²) in [5.74, 6) is -0.262. The lowest BCUT2D eigenvalue weighted by Gasteiger charge is -2.03. The van der Waals surface area contributed by atoms with Gasteiger partial charge < -0.3 is 10.6 Å². The zero-order chi connectivity index (χ0) is 11.0. The summed E-state index contributed by atoms with van der Waals surface area (Å²) in [6, 6.07) is 1.35. The fourth-order valence-corrected chi connectivity index (χ4v) is 1.23. The normalized spacial score (nSPS) is 13.7. The molecule has 7 nitrogen and oxygen atoms in total. The molecule has 78 valence electrons. The zero-order valence-corrected chi connectivity index (χ0v) is 7.71. The molecule has 1 aliphatic rings. The molecule has 0 saturated carbocycles. The summed E-state index contributed by atoms with van der Waals surface area (Å²) in [5.41, 5.74) is 4.60. The molecule has 2 heterocycles. The van der Waals surface area contributed by atoms with Gasteiger partial charge >= 0.3 is 0 Å². The molecule has 15 heavy (non-hydrogen) atoms. The van der Waals surface area contributed by atoms with Crippen LogP contribution in [0, 0.1) is 10.1 Å². The van der Waals surface area contributed by atoms with Crippen molar-refractivity contribution in [2.24, 2.45) is 5.73 Å². The number of rotatable bonds is 3. The molecule has 1 saturated heterocycles. The van der Waals surface area contributed by atoms with Gasteiger partial charge in [-0.1, -0.05) is 0 Å². The molecule has 0 aliphatic carbocycles. The van der Waals surface area contributed by atoms with Crippen molar-refractivity contribution < 1.29 is 9.72 Å². The van der Waals surface area contributed by atoms with Gasteiger partial charge in [0.2, 0.25) is 0 Å². The number of nitro groups is 1. The fraction of sp³-hybridized carbons (Fsp3) is 0.250. The van der Waals surface area contributed by atoms with Gasteiger partial charge in [-0.05, 0) is 0 Å². The average Bonchev–Trinajstić information content (AvgIpc) is 2.99. The number of hydrogen-bond acceptors (Lipinski definition) is 5. The molecular weight excluding hydrogens is 200 g/mol. The number of carbonyl (C=O) groups excluding carboxylic acids is 1. The van der Waals surface area contributed by atoms with E-state index in [1.54, 1.807) is 0 Å². The molecule has 2 rings (SSSR count). The van der Waals surface area contributed by atoms with Gasteiger partial charge in [0.1, 0.15) is 17.6 Å². The number of primary amides is 1. The monoisotopic (exact) mass is 208 g/mol. The lowest BCUT2D eigenvalue weighted by Crippen LogP contribution is -2.14. The lowest BCUT2D eigenvalue weighted by atomic mass is 10.2. The van der Waals surface area contributed by atoms with E-state index in [-0.39, 0.29) is 11.3 Å². The highest BCUT2D eigenvalue weighted by molar-refractivity contribution is 5.97. The molecule has 1 fully saturated rings. The molecule has 1 aromatic heterocycles. The number of hydrogen-bond donors (Lipinski definition) is 1. The van der Waals surface area contributed by atoms with Crippen LogP contribution in [0.3, 0.4) is 0 Å². The molecule has 0 bridgehead atoms. The maximum atomic E-state index is 11.0. The average molecular weight is 208 g/mol. The third kappa shape index (κ3) is 1.71. The van der Waals surface area contributed by atoms with Gasteiger partial charge in [-0.25, -0.2) is 4.98 Å². The van der Waals surface area contributed by atoms with E-state index < -0.39 is 10.8 Å². The van der Waals surface area contributed by atoms with Crippen molar-refractivity contribution in [1.82, 2.24) is 4.98 Å². The van der Waals surface area contributed by atoms with Crippen LogP contribution in [0.2, 0.25) is 0 Å². The van der Waals surface area contributed by atoms with Crippen molar-refractivity contribution in [2.75, 3.05) is 18.0 Å². The Morgan fingerprint density at radius 2 is 2.27 bits per heavy atom. The summed E-state index contributed by atoms with van der Waals surface area (Å²) in [6.45, 7) is 1.70. The lowest BCUT2D eigenvalue weighted by molar-refractivity contribution is -0.385. The van der Waals surface area contributed by atoms with Crippen LogP contribution in [-0.2, 0) is 0 Å². The molecule has 1 amide bonds. The molecular formula is C8H8N4O3. The quantitative estimate of drug-likeness (QED) is 0.424. The topological polar surface area (TPSA) is 102 Å². The van der Waals surface area contributed by atoms with Crippen LogP contribution in [0.5, 0.6) is 0 Å². The predicted molar refractivity (Wildman–Crippen MR) is 51.6 cm³/mol. The van der Waals surface area contributed by atoms with Gasteiger partial charge in [-0.3, -0.25) is 14.9 Å². The van der Waals surface area contributed by atoms with Crippen LogP contribution in [0.1, 0.15) is 10.4 Å². The molecule has 0 aromatic carbocycles. The van der Waals surface area contributed by atoms with Crippen LogP contribution in [0.4, 0.5) is 11.5 Å². The van der Waals surface area contributed by atoms with Crippen LogP contribution < -0.4 is 10.6 Å². The summed E-state index contributed by atoms with van der Waals surface area (Å²) in [4.78, 5) is 26.6. The first-order valence-electron chi connectivity index (χ1n) is 4.29. The van der Waals surface area contributed by atoms with Gasteiger partial charge in [0.15, 0.2) is 0 Å². The maximum Gasteiger partial charge on any atom is 0.300 e. The number of nitrogens with zero attached hydrogens (tertiary/aromatic N) is 3. The third-order valence-electron chi connectivity index (χ3n) is 2.10. The number of pyridine rings is 1. The molecule has 0 unspecified atom stereocenters. The van der Waals surface area contributed by atoms with E-state index in [2.05, 4.69) is 4.98 Å². The van der Waals surface area contributed by atoms with Crippen molar-refractivity contribution in [3.05, 3.63) is 27.9 Å². The third-order valence-corrected chi connectivity index (χ3v) is 2.10. The molecule has 1 aromatic rings. The number of nitrogens with two attached hydrogens (primary N) is 1. The van der Waals surface area contributed by atoms with Crippen molar-refractivity contribution in [3.63, 3.8) is 0 Å². The second-order valence-electron chi connectivity index (χ2n) is 3.17. The second kappa shape index (κ2) is 3.19. The smallest absolute Gasteiger partial charge is 0.300 e. The first-order valence-corrected chi connectivity index (χ1v) is 4.29. The van der Waals surface area contributed by atoms with Crippen molar-refractivity contribution >= 4 is 17.4 Å². The van der Waals surface area contributed by atoms with Crippen LogP contribution in [0.15, 0.2) is 12.3 Å². The summed E-state index contributed by atoms with van der Waals surface area (Å²) >= 11 is 0. The van der Waals surface area contributed by atoms with Gasteiger partial charge in [0.25, 0.3) is 11.6 Å². The summed E-state index contributed by atoms with van der Waals surface area (Å²) in [7, 11) is 0. The minimum Gasteiger partial charge on any atom is -0.365 e.